The average Bonchev–Trinajstić information content (AvgIpc) is 3.05. The lowest BCUT2D eigenvalue weighted by Crippen LogP contribution is -2.45. The molecule has 1 unspecified atom stereocenters. The van der Waals surface area contributed by atoms with E-state index in [0.717, 1.165) is 64.4 Å². The highest BCUT2D eigenvalue weighted by molar-refractivity contribution is 14.0. The van der Waals surface area contributed by atoms with Crippen LogP contribution < -0.4 is 10.6 Å². The average molecular weight is 492 g/mol. The Labute approximate surface area is 181 Å². The second kappa shape index (κ2) is 10.8. The van der Waals surface area contributed by atoms with Crippen molar-refractivity contribution in [2.45, 2.75) is 64.3 Å². The van der Waals surface area contributed by atoms with Gasteiger partial charge in [-0.2, -0.15) is 0 Å². The molecule has 0 radical (unpaired) electrons. The molecule has 1 heterocycles. The minimum atomic E-state index is 0. The van der Waals surface area contributed by atoms with Gasteiger partial charge < -0.3 is 20.3 Å². The Morgan fingerprint density at radius 1 is 1.26 bits per heavy atom. The smallest absolute Gasteiger partial charge is 0.225 e. The lowest BCUT2D eigenvalue weighted by Gasteiger charge is -2.22. The van der Waals surface area contributed by atoms with Crippen molar-refractivity contribution < 1.29 is 9.53 Å². The zero-order valence-corrected chi connectivity index (χ0v) is 19.3. The second-order valence-electron chi connectivity index (χ2n) is 8.33. The Morgan fingerprint density at radius 2 is 2.00 bits per heavy atom. The summed E-state index contributed by atoms with van der Waals surface area (Å²) >= 11 is 0. The van der Waals surface area contributed by atoms with E-state index in [1.165, 1.54) is 25.7 Å². The van der Waals surface area contributed by atoms with Crippen LogP contribution in [0.2, 0.25) is 0 Å². The third-order valence-corrected chi connectivity index (χ3v) is 6.26. The van der Waals surface area contributed by atoms with Crippen molar-refractivity contribution >= 4 is 35.8 Å². The van der Waals surface area contributed by atoms with E-state index in [1.54, 1.807) is 7.11 Å². The molecule has 1 saturated heterocycles. The van der Waals surface area contributed by atoms with Crippen LogP contribution in [0.3, 0.4) is 0 Å². The molecule has 156 valence electrons. The summed E-state index contributed by atoms with van der Waals surface area (Å²) in [5.41, 5.74) is 0.360. The largest absolute Gasteiger partial charge is 0.385 e. The Hall–Kier alpha value is -0.570. The standard InChI is InChI=1S/C20H36N4O2.HI/c1-3-21-19(22-15-20(9-10-20)11-13-26-2)23-17-8-12-24(14-17)18(25)16-6-4-5-7-16;/h16-17H,3-15H2,1-2H3,(H2,21,22,23);1H. The van der Waals surface area contributed by atoms with Crippen molar-refractivity contribution in [2.24, 2.45) is 16.3 Å². The number of nitrogens with one attached hydrogen (secondary N) is 2. The van der Waals surface area contributed by atoms with E-state index in [1.807, 2.05) is 0 Å². The topological polar surface area (TPSA) is 66.0 Å². The molecule has 0 aromatic carbocycles. The van der Waals surface area contributed by atoms with E-state index < -0.39 is 0 Å². The number of hydrogen-bond donors (Lipinski definition) is 2. The monoisotopic (exact) mass is 492 g/mol. The van der Waals surface area contributed by atoms with E-state index in [4.69, 9.17) is 9.73 Å². The molecule has 2 saturated carbocycles. The summed E-state index contributed by atoms with van der Waals surface area (Å²) in [4.78, 5) is 19.5. The summed E-state index contributed by atoms with van der Waals surface area (Å²) in [5.74, 6) is 1.56. The number of amides is 1. The third-order valence-electron chi connectivity index (χ3n) is 6.26. The van der Waals surface area contributed by atoms with Gasteiger partial charge in [-0.15, -0.1) is 24.0 Å². The number of guanidine groups is 1. The first-order chi connectivity index (χ1) is 12.7. The van der Waals surface area contributed by atoms with Crippen molar-refractivity contribution in [3.63, 3.8) is 0 Å². The van der Waals surface area contributed by atoms with Gasteiger partial charge in [0.2, 0.25) is 5.91 Å². The highest BCUT2D eigenvalue weighted by atomic mass is 127. The number of hydrogen-bond acceptors (Lipinski definition) is 3. The molecule has 0 spiro atoms. The molecule has 1 amide bonds. The molecular weight excluding hydrogens is 455 g/mol. The number of rotatable bonds is 8. The Morgan fingerprint density at radius 3 is 2.63 bits per heavy atom. The zero-order valence-electron chi connectivity index (χ0n) is 17.0. The van der Waals surface area contributed by atoms with Crippen LogP contribution in [0.1, 0.15) is 58.3 Å². The lowest BCUT2D eigenvalue weighted by molar-refractivity contribution is -0.134. The van der Waals surface area contributed by atoms with Crippen LogP contribution in [0.15, 0.2) is 4.99 Å². The first-order valence-corrected chi connectivity index (χ1v) is 10.5. The number of carbonyl (C=O) groups excluding carboxylic acids is 1. The number of methoxy groups -OCH3 is 1. The van der Waals surface area contributed by atoms with Gasteiger partial charge >= 0.3 is 0 Å². The molecule has 0 aromatic heterocycles. The van der Waals surface area contributed by atoms with Crippen molar-refractivity contribution in [1.82, 2.24) is 15.5 Å². The summed E-state index contributed by atoms with van der Waals surface area (Å²) in [6.45, 7) is 6.33. The summed E-state index contributed by atoms with van der Waals surface area (Å²) in [7, 11) is 1.77. The molecule has 0 aromatic rings. The van der Waals surface area contributed by atoms with Gasteiger partial charge in [0.15, 0.2) is 5.96 Å². The number of halogens is 1. The highest BCUT2D eigenvalue weighted by Gasteiger charge is 2.42. The Kier molecular flexibility index (Phi) is 9.11. The number of aliphatic imine (C=N–C) groups is 1. The van der Waals surface area contributed by atoms with E-state index in [-0.39, 0.29) is 29.9 Å². The van der Waals surface area contributed by atoms with E-state index in [2.05, 4.69) is 22.5 Å². The van der Waals surface area contributed by atoms with Crippen LogP contribution in [-0.2, 0) is 9.53 Å². The normalized spacial score (nSPS) is 24.6. The summed E-state index contributed by atoms with van der Waals surface area (Å²) < 4.78 is 5.24. The van der Waals surface area contributed by atoms with E-state index in [0.29, 0.717) is 17.4 Å². The summed E-state index contributed by atoms with van der Waals surface area (Å²) in [5, 5.41) is 6.93. The zero-order chi connectivity index (χ0) is 18.4. The van der Waals surface area contributed by atoms with Crippen LogP contribution in [0.4, 0.5) is 0 Å². The molecule has 6 nitrogen and oxygen atoms in total. The predicted octanol–water partition coefficient (Wildman–Crippen LogP) is 2.77. The molecule has 1 atom stereocenters. The van der Waals surface area contributed by atoms with Crippen LogP contribution in [-0.4, -0.2) is 62.7 Å². The molecule has 0 bridgehead atoms. The van der Waals surface area contributed by atoms with E-state index >= 15 is 0 Å². The van der Waals surface area contributed by atoms with Gasteiger partial charge in [-0.3, -0.25) is 9.79 Å². The number of ether oxygens (including phenoxy) is 1. The molecule has 3 rings (SSSR count). The fraction of sp³-hybridized carbons (Fsp3) is 0.900. The second-order valence-corrected chi connectivity index (χ2v) is 8.33. The summed E-state index contributed by atoms with van der Waals surface area (Å²) in [6.07, 6.45) is 9.22. The van der Waals surface area contributed by atoms with Crippen molar-refractivity contribution in [3.05, 3.63) is 0 Å². The van der Waals surface area contributed by atoms with Gasteiger partial charge in [-0.05, 0) is 50.9 Å². The van der Waals surface area contributed by atoms with Gasteiger partial charge in [-0.25, -0.2) is 0 Å². The van der Waals surface area contributed by atoms with Crippen LogP contribution in [0.5, 0.6) is 0 Å². The fourth-order valence-electron chi connectivity index (χ4n) is 4.25. The van der Waals surface area contributed by atoms with Crippen LogP contribution in [0.25, 0.3) is 0 Å². The Bertz CT molecular complexity index is 504. The SMILES string of the molecule is CCNC(=NCC1(CCOC)CC1)NC1CCN(C(=O)C2CCCC2)C1.I. The van der Waals surface area contributed by atoms with E-state index in [9.17, 15) is 4.79 Å². The minimum absolute atomic E-state index is 0. The number of carbonyl (C=O) groups is 1. The molecule has 27 heavy (non-hydrogen) atoms. The van der Waals surface area contributed by atoms with Gasteiger partial charge in [0, 0.05) is 51.9 Å². The maximum atomic E-state index is 12.6. The van der Waals surface area contributed by atoms with Gasteiger partial charge in [0.05, 0.1) is 0 Å². The fourth-order valence-corrected chi connectivity index (χ4v) is 4.25. The molecule has 3 aliphatic rings. The Balaban J connectivity index is 0.00000261. The first-order valence-electron chi connectivity index (χ1n) is 10.5. The molecule has 7 heteroatoms. The molecular formula is C20H37IN4O2. The van der Waals surface area contributed by atoms with Crippen molar-refractivity contribution in [2.75, 3.05) is 39.9 Å². The highest BCUT2D eigenvalue weighted by Crippen LogP contribution is 2.48. The van der Waals surface area contributed by atoms with Crippen molar-refractivity contribution in [1.29, 1.82) is 0 Å². The first kappa shape index (κ1) is 22.7. The predicted molar refractivity (Wildman–Crippen MR) is 120 cm³/mol. The third kappa shape index (κ3) is 6.48. The molecule has 2 N–H and O–H groups in total. The van der Waals surface area contributed by atoms with Gasteiger partial charge in [0.25, 0.3) is 0 Å². The molecule has 3 fully saturated rings. The number of nitrogens with zero attached hydrogens (tertiary/aromatic N) is 2. The quantitative estimate of drug-likeness (QED) is 0.311. The maximum Gasteiger partial charge on any atom is 0.225 e. The van der Waals surface area contributed by atoms with Gasteiger partial charge in [0.1, 0.15) is 0 Å². The minimum Gasteiger partial charge on any atom is -0.385 e. The molecule has 1 aliphatic heterocycles. The van der Waals surface area contributed by atoms with Gasteiger partial charge in [-0.1, -0.05) is 12.8 Å². The summed E-state index contributed by atoms with van der Waals surface area (Å²) in [6, 6.07) is 0.312. The molecule has 2 aliphatic carbocycles. The maximum absolute atomic E-state index is 12.6. The van der Waals surface area contributed by atoms with Crippen LogP contribution in [0, 0.1) is 11.3 Å². The lowest BCUT2D eigenvalue weighted by atomic mass is 10.0. The van der Waals surface area contributed by atoms with Crippen molar-refractivity contribution in [3.8, 4) is 0 Å². The number of likely N-dealkylation sites (tertiary alicyclic amines) is 1. The van der Waals surface area contributed by atoms with Crippen LogP contribution >= 0.6 is 24.0 Å².